The molecule has 1 aliphatic rings. The van der Waals surface area contributed by atoms with Gasteiger partial charge in [-0.2, -0.15) is 0 Å². The SMILES string of the molecule is O=C(NC1CC1)N(S)c1ccc2ncc(Br)cc2n1. The van der Waals surface area contributed by atoms with E-state index >= 15 is 0 Å². The maximum atomic E-state index is 11.9. The average molecular weight is 339 g/mol. The molecule has 0 aliphatic heterocycles. The van der Waals surface area contributed by atoms with Crippen molar-refractivity contribution in [1.29, 1.82) is 0 Å². The Kier molecular flexibility index (Phi) is 3.32. The van der Waals surface area contributed by atoms with Gasteiger partial charge in [-0.25, -0.2) is 14.1 Å². The van der Waals surface area contributed by atoms with Crippen LogP contribution in [-0.4, -0.2) is 22.0 Å². The van der Waals surface area contributed by atoms with Crippen molar-refractivity contribution in [3.05, 3.63) is 28.9 Å². The van der Waals surface area contributed by atoms with Crippen molar-refractivity contribution in [2.75, 3.05) is 4.31 Å². The molecule has 3 rings (SSSR count). The van der Waals surface area contributed by atoms with E-state index in [-0.39, 0.29) is 6.03 Å². The molecule has 1 fully saturated rings. The first-order chi connectivity index (χ1) is 9.13. The average Bonchev–Trinajstić information content (AvgIpc) is 3.20. The number of nitrogens with zero attached hydrogens (tertiary/aromatic N) is 3. The molecule has 7 heteroatoms. The van der Waals surface area contributed by atoms with Crippen LogP contribution in [0.3, 0.4) is 0 Å². The van der Waals surface area contributed by atoms with E-state index < -0.39 is 0 Å². The number of pyridine rings is 2. The fraction of sp³-hybridized carbons (Fsp3) is 0.250. The zero-order chi connectivity index (χ0) is 13.4. The monoisotopic (exact) mass is 338 g/mol. The second-order valence-corrected chi connectivity index (χ2v) is 5.71. The molecule has 5 nitrogen and oxygen atoms in total. The molecule has 0 aromatic carbocycles. The van der Waals surface area contributed by atoms with Crippen LogP contribution >= 0.6 is 28.7 Å². The number of rotatable bonds is 2. The second kappa shape index (κ2) is 4.97. The fourth-order valence-electron chi connectivity index (χ4n) is 1.66. The molecule has 0 atom stereocenters. The molecule has 1 saturated carbocycles. The normalized spacial score (nSPS) is 14.4. The standard InChI is InChI=1S/C12H11BrN4OS/c13-7-5-10-9(14-6-7)3-4-11(16-10)17(19)12(18)15-8-1-2-8/h3-6,8,19H,1-2H2,(H,15,18). The summed E-state index contributed by atoms with van der Waals surface area (Å²) in [6, 6.07) is 5.44. The molecular formula is C12H11BrN4OS. The Morgan fingerprint density at radius 3 is 2.95 bits per heavy atom. The molecule has 2 aromatic rings. The first-order valence-corrected chi connectivity index (χ1v) is 7.04. The third kappa shape index (κ3) is 2.82. The lowest BCUT2D eigenvalue weighted by Gasteiger charge is -2.15. The summed E-state index contributed by atoms with van der Waals surface area (Å²) >= 11 is 7.54. The van der Waals surface area contributed by atoms with Gasteiger partial charge < -0.3 is 5.32 Å². The van der Waals surface area contributed by atoms with Crippen LogP contribution in [-0.2, 0) is 0 Å². The summed E-state index contributed by atoms with van der Waals surface area (Å²) in [6.45, 7) is 0. The molecule has 2 amide bonds. The van der Waals surface area contributed by atoms with Crippen molar-refractivity contribution in [2.24, 2.45) is 0 Å². The van der Waals surface area contributed by atoms with Crippen molar-refractivity contribution in [3.63, 3.8) is 0 Å². The maximum Gasteiger partial charge on any atom is 0.333 e. The van der Waals surface area contributed by atoms with Crippen LogP contribution in [0.2, 0.25) is 0 Å². The molecule has 0 bridgehead atoms. The number of anilines is 1. The van der Waals surface area contributed by atoms with Gasteiger partial charge in [0, 0.05) is 16.7 Å². The molecule has 0 radical (unpaired) electrons. The van der Waals surface area contributed by atoms with E-state index in [1.54, 1.807) is 12.3 Å². The van der Waals surface area contributed by atoms with E-state index in [2.05, 4.69) is 44.0 Å². The van der Waals surface area contributed by atoms with Crippen molar-refractivity contribution < 1.29 is 4.79 Å². The smallest absolute Gasteiger partial charge is 0.333 e. The molecule has 19 heavy (non-hydrogen) atoms. The number of amides is 2. The van der Waals surface area contributed by atoms with Crippen molar-refractivity contribution in [1.82, 2.24) is 15.3 Å². The lowest BCUT2D eigenvalue weighted by Crippen LogP contribution is -2.35. The highest BCUT2D eigenvalue weighted by Crippen LogP contribution is 2.23. The topological polar surface area (TPSA) is 58.1 Å². The number of fused-ring (bicyclic) bond motifs is 1. The summed E-state index contributed by atoms with van der Waals surface area (Å²) in [7, 11) is 0. The van der Waals surface area contributed by atoms with Gasteiger partial charge in [0.25, 0.3) is 0 Å². The third-order valence-electron chi connectivity index (χ3n) is 2.80. The van der Waals surface area contributed by atoms with E-state index in [0.29, 0.717) is 17.4 Å². The molecule has 0 unspecified atom stereocenters. The molecule has 1 N–H and O–H groups in total. The van der Waals surface area contributed by atoms with E-state index in [4.69, 9.17) is 0 Å². The van der Waals surface area contributed by atoms with Crippen molar-refractivity contribution >= 4 is 51.6 Å². The Bertz CT molecular complexity index is 647. The van der Waals surface area contributed by atoms with Crippen LogP contribution < -0.4 is 9.62 Å². The number of aromatic nitrogens is 2. The van der Waals surface area contributed by atoms with Crippen LogP contribution in [0.25, 0.3) is 11.0 Å². The van der Waals surface area contributed by atoms with E-state index in [0.717, 1.165) is 22.8 Å². The van der Waals surface area contributed by atoms with Gasteiger partial charge in [0.05, 0.1) is 11.0 Å². The summed E-state index contributed by atoms with van der Waals surface area (Å²) in [5.41, 5.74) is 1.49. The molecule has 0 saturated heterocycles. The van der Waals surface area contributed by atoms with E-state index in [1.807, 2.05) is 12.1 Å². The van der Waals surface area contributed by atoms with Gasteiger partial charge in [-0.1, -0.05) is 12.8 Å². The predicted octanol–water partition coefficient (Wildman–Crippen LogP) is 2.92. The number of halogens is 1. The third-order valence-corrected chi connectivity index (χ3v) is 3.62. The van der Waals surface area contributed by atoms with Gasteiger partial charge in [-0.05, 0) is 47.0 Å². The minimum absolute atomic E-state index is 0.249. The molecular weight excluding hydrogens is 328 g/mol. The number of thiol groups is 1. The lowest BCUT2D eigenvalue weighted by atomic mass is 10.3. The summed E-state index contributed by atoms with van der Waals surface area (Å²) in [4.78, 5) is 20.5. The highest BCUT2D eigenvalue weighted by molar-refractivity contribution is 9.10. The predicted molar refractivity (Wildman–Crippen MR) is 80.3 cm³/mol. The largest absolute Gasteiger partial charge is 0.334 e. The number of nitrogens with one attached hydrogen (secondary N) is 1. The van der Waals surface area contributed by atoms with Crippen LogP contribution in [0.4, 0.5) is 10.6 Å². The molecule has 1 aliphatic carbocycles. The highest BCUT2D eigenvalue weighted by Gasteiger charge is 2.26. The number of urea groups is 1. The van der Waals surface area contributed by atoms with Gasteiger partial charge >= 0.3 is 6.03 Å². The van der Waals surface area contributed by atoms with Crippen LogP contribution in [0.5, 0.6) is 0 Å². The summed E-state index contributed by atoms with van der Waals surface area (Å²) in [5.74, 6) is 0.480. The van der Waals surface area contributed by atoms with Gasteiger partial charge in [0.15, 0.2) is 0 Å². The first-order valence-electron chi connectivity index (χ1n) is 5.85. The quantitative estimate of drug-likeness (QED) is 0.827. The molecule has 0 spiro atoms. The van der Waals surface area contributed by atoms with Gasteiger partial charge in [0.2, 0.25) is 0 Å². The van der Waals surface area contributed by atoms with Gasteiger partial charge in [0.1, 0.15) is 5.82 Å². The minimum Gasteiger partial charge on any atom is -0.334 e. The highest BCUT2D eigenvalue weighted by atomic mass is 79.9. The van der Waals surface area contributed by atoms with E-state index in [1.165, 1.54) is 4.31 Å². The van der Waals surface area contributed by atoms with Crippen LogP contribution in [0, 0.1) is 0 Å². The number of carbonyl (C=O) groups is 1. The molecule has 2 heterocycles. The van der Waals surface area contributed by atoms with Crippen LogP contribution in [0.15, 0.2) is 28.9 Å². The summed E-state index contributed by atoms with van der Waals surface area (Å²) < 4.78 is 2.07. The zero-order valence-corrected chi connectivity index (χ0v) is 12.4. The zero-order valence-electron chi connectivity index (χ0n) is 9.88. The second-order valence-electron chi connectivity index (χ2n) is 4.40. The Morgan fingerprint density at radius 1 is 1.42 bits per heavy atom. The van der Waals surface area contributed by atoms with Gasteiger partial charge in [-0.3, -0.25) is 4.98 Å². The minimum atomic E-state index is -0.249. The Hall–Kier alpha value is -1.34. The van der Waals surface area contributed by atoms with E-state index in [9.17, 15) is 4.79 Å². The van der Waals surface area contributed by atoms with Crippen LogP contribution in [0.1, 0.15) is 12.8 Å². The first kappa shape index (κ1) is 12.7. The Morgan fingerprint density at radius 2 is 2.21 bits per heavy atom. The number of hydrogen-bond donors (Lipinski definition) is 2. The van der Waals surface area contributed by atoms with Gasteiger partial charge in [-0.15, -0.1) is 0 Å². The molecule has 98 valence electrons. The lowest BCUT2D eigenvalue weighted by molar-refractivity contribution is 0.249. The Balaban J connectivity index is 1.88. The summed E-state index contributed by atoms with van der Waals surface area (Å²) in [6.07, 6.45) is 3.78. The van der Waals surface area contributed by atoms with Crippen molar-refractivity contribution in [3.8, 4) is 0 Å². The summed E-state index contributed by atoms with van der Waals surface area (Å²) in [5, 5.41) is 2.86. The maximum absolute atomic E-state index is 11.9. The fourth-order valence-corrected chi connectivity index (χ4v) is 2.15. The Labute approximate surface area is 124 Å². The number of hydrogen-bond acceptors (Lipinski definition) is 4. The van der Waals surface area contributed by atoms with Crippen molar-refractivity contribution in [2.45, 2.75) is 18.9 Å². The molecule has 2 aromatic heterocycles. The number of carbonyl (C=O) groups excluding carboxylic acids is 1.